The normalized spacial score (nSPS) is 12.2. The van der Waals surface area contributed by atoms with Crippen molar-refractivity contribution >= 4 is 11.9 Å². The molecule has 0 radical (unpaired) electrons. The summed E-state index contributed by atoms with van der Waals surface area (Å²) in [6, 6.07) is 11.6. The van der Waals surface area contributed by atoms with Gasteiger partial charge in [0.2, 0.25) is 0 Å². The van der Waals surface area contributed by atoms with Crippen LogP contribution in [0.5, 0.6) is 5.75 Å². The first-order valence-corrected chi connectivity index (χ1v) is 8.95. The predicted octanol–water partition coefficient (Wildman–Crippen LogP) is 3.55. The summed E-state index contributed by atoms with van der Waals surface area (Å²) in [6.07, 6.45) is -5.06. The summed E-state index contributed by atoms with van der Waals surface area (Å²) < 4.78 is 47.8. The SMILES string of the molecule is COc1ccc(CCNC(=O)C(C)OC(=O)Cc2ccc(C(F)(F)F)cc2)cc1. The van der Waals surface area contributed by atoms with Gasteiger partial charge >= 0.3 is 12.1 Å². The highest BCUT2D eigenvalue weighted by molar-refractivity contribution is 5.83. The average molecular weight is 409 g/mol. The van der Waals surface area contributed by atoms with E-state index in [1.165, 1.54) is 19.1 Å². The quantitative estimate of drug-likeness (QED) is 0.678. The molecule has 0 saturated carbocycles. The first-order valence-electron chi connectivity index (χ1n) is 8.95. The first-order chi connectivity index (χ1) is 13.7. The maximum atomic E-state index is 12.5. The van der Waals surface area contributed by atoms with Crippen LogP contribution in [0.4, 0.5) is 13.2 Å². The van der Waals surface area contributed by atoms with Gasteiger partial charge in [0.05, 0.1) is 19.1 Å². The molecular formula is C21H22F3NO4. The number of carbonyl (C=O) groups is 2. The molecule has 8 heteroatoms. The molecule has 0 spiro atoms. The number of hydrogen-bond donors (Lipinski definition) is 1. The minimum absolute atomic E-state index is 0.221. The fourth-order valence-electron chi connectivity index (χ4n) is 2.54. The zero-order valence-electron chi connectivity index (χ0n) is 16.1. The van der Waals surface area contributed by atoms with Gasteiger partial charge in [-0.3, -0.25) is 9.59 Å². The molecule has 0 aliphatic heterocycles. The van der Waals surface area contributed by atoms with Crippen LogP contribution in [0.3, 0.4) is 0 Å². The number of esters is 1. The molecule has 0 saturated heterocycles. The van der Waals surface area contributed by atoms with Crippen molar-refractivity contribution in [1.82, 2.24) is 5.32 Å². The van der Waals surface area contributed by atoms with Gasteiger partial charge in [0, 0.05) is 6.54 Å². The molecule has 0 fully saturated rings. The van der Waals surface area contributed by atoms with Crippen molar-refractivity contribution < 1.29 is 32.2 Å². The number of benzene rings is 2. The summed E-state index contributed by atoms with van der Waals surface area (Å²) >= 11 is 0. The molecule has 0 aliphatic rings. The second-order valence-electron chi connectivity index (χ2n) is 6.39. The third-order valence-corrected chi connectivity index (χ3v) is 4.18. The van der Waals surface area contributed by atoms with Gasteiger partial charge in [-0.1, -0.05) is 24.3 Å². The van der Waals surface area contributed by atoms with Crippen LogP contribution >= 0.6 is 0 Å². The first kappa shape index (κ1) is 22.3. The molecule has 156 valence electrons. The fraction of sp³-hybridized carbons (Fsp3) is 0.333. The Labute approximate surface area is 166 Å². The number of amides is 1. The Morgan fingerprint density at radius 1 is 1.00 bits per heavy atom. The summed E-state index contributed by atoms with van der Waals surface area (Å²) in [7, 11) is 1.58. The number of ether oxygens (including phenoxy) is 2. The Hall–Kier alpha value is -3.03. The van der Waals surface area contributed by atoms with E-state index in [1.54, 1.807) is 7.11 Å². The van der Waals surface area contributed by atoms with Gasteiger partial charge in [0.15, 0.2) is 6.10 Å². The van der Waals surface area contributed by atoms with E-state index in [9.17, 15) is 22.8 Å². The molecule has 0 aromatic heterocycles. The van der Waals surface area contributed by atoms with Crippen molar-refractivity contribution in [2.75, 3.05) is 13.7 Å². The number of hydrogen-bond acceptors (Lipinski definition) is 4. The van der Waals surface area contributed by atoms with E-state index in [-0.39, 0.29) is 6.42 Å². The van der Waals surface area contributed by atoms with Gasteiger partial charge in [0.25, 0.3) is 5.91 Å². The number of methoxy groups -OCH3 is 1. The third-order valence-electron chi connectivity index (χ3n) is 4.18. The molecule has 29 heavy (non-hydrogen) atoms. The smallest absolute Gasteiger partial charge is 0.416 e. The van der Waals surface area contributed by atoms with Gasteiger partial charge < -0.3 is 14.8 Å². The zero-order chi connectivity index (χ0) is 21.4. The predicted molar refractivity (Wildman–Crippen MR) is 100 cm³/mol. The molecule has 2 rings (SSSR count). The number of alkyl halides is 3. The molecule has 1 unspecified atom stereocenters. The number of carbonyl (C=O) groups excluding carboxylic acids is 2. The second-order valence-corrected chi connectivity index (χ2v) is 6.39. The van der Waals surface area contributed by atoms with Crippen molar-refractivity contribution in [2.45, 2.75) is 32.0 Å². The topological polar surface area (TPSA) is 64.6 Å². The van der Waals surface area contributed by atoms with Crippen LogP contribution in [0.1, 0.15) is 23.6 Å². The lowest BCUT2D eigenvalue weighted by Crippen LogP contribution is -2.37. The van der Waals surface area contributed by atoms with Gasteiger partial charge in [-0.15, -0.1) is 0 Å². The van der Waals surface area contributed by atoms with E-state index in [4.69, 9.17) is 9.47 Å². The highest BCUT2D eigenvalue weighted by Crippen LogP contribution is 2.29. The number of nitrogens with one attached hydrogen (secondary N) is 1. The molecular weight excluding hydrogens is 387 g/mol. The summed E-state index contributed by atoms with van der Waals surface area (Å²) in [4.78, 5) is 24.0. The van der Waals surface area contributed by atoms with Gasteiger partial charge in [0.1, 0.15) is 5.75 Å². The number of rotatable bonds is 8. The molecule has 1 N–H and O–H groups in total. The molecule has 1 atom stereocenters. The minimum atomic E-state index is -4.43. The molecule has 2 aromatic carbocycles. The average Bonchev–Trinajstić information content (AvgIpc) is 2.68. The van der Waals surface area contributed by atoms with Crippen LogP contribution < -0.4 is 10.1 Å². The maximum Gasteiger partial charge on any atom is 0.416 e. The minimum Gasteiger partial charge on any atom is -0.497 e. The van der Waals surface area contributed by atoms with Crippen LogP contribution in [-0.4, -0.2) is 31.6 Å². The largest absolute Gasteiger partial charge is 0.497 e. The Morgan fingerprint density at radius 3 is 2.14 bits per heavy atom. The summed E-state index contributed by atoms with van der Waals surface area (Å²) in [5.74, 6) is -0.395. The second kappa shape index (κ2) is 9.95. The lowest BCUT2D eigenvalue weighted by molar-refractivity contribution is -0.154. The Morgan fingerprint density at radius 2 is 1.59 bits per heavy atom. The van der Waals surface area contributed by atoms with Crippen molar-refractivity contribution in [2.24, 2.45) is 0 Å². The lowest BCUT2D eigenvalue weighted by Gasteiger charge is -2.14. The summed E-state index contributed by atoms with van der Waals surface area (Å²) in [5.41, 5.74) is 0.590. The maximum absolute atomic E-state index is 12.5. The molecule has 2 aromatic rings. The van der Waals surface area contributed by atoms with E-state index in [1.807, 2.05) is 24.3 Å². The molecule has 1 amide bonds. The molecule has 5 nitrogen and oxygen atoms in total. The van der Waals surface area contributed by atoms with Crippen LogP contribution in [0.15, 0.2) is 48.5 Å². The van der Waals surface area contributed by atoms with Crippen molar-refractivity contribution in [3.05, 3.63) is 65.2 Å². The lowest BCUT2D eigenvalue weighted by atomic mass is 10.1. The van der Waals surface area contributed by atoms with Gasteiger partial charge in [-0.25, -0.2) is 0 Å². The molecule has 0 aliphatic carbocycles. The standard InChI is InChI=1S/C21H22F3NO4/c1-14(20(27)25-12-11-15-5-9-18(28-2)10-6-15)29-19(26)13-16-3-7-17(8-4-16)21(22,23)24/h3-10,14H,11-13H2,1-2H3,(H,25,27). The number of halogens is 3. The van der Waals surface area contributed by atoms with Gasteiger partial charge in [-0.05, 0) is 48.7 Å². The highest BCUT2D eigenvalue weighted by Gasteiger charge is 2.30. The Bertz CT molecular complexity index is 817. The van der Waals surface area contributed by atoms with Crippen molar-refractivity contribution in [3.63, 3.8) is 0 Å². The highest BCUT2D eigenvalue weighted by atomic mass is 19.4. The third kappa shape index (κ3) is 7.14. The molecule has 0 bridgehead atoms. The summed E-state index contributed by atoms with van der Waals surface area (Å²) in [5, 5.41) is 2.68. The van der Waals surface area contributed by atoms with Gasteiger partial charge in [-0.2, -0.15) is 13.2 Å². The monoisotopic (exact) mass is 409 g/mol. The van der Waals surface area contributed by atoms with Crippen molar-refractivity contribution in [3.8, 4) is 5.75 Å². The fourth-order valence-corrected chi connectivity index (χ4v) is 2.54. The summed E-state index contributed by atoms with van der Waals surface area (Å²) in [6.45, 7) is 1.80. The van der Waals surface area contributed by atoms with E-state index < -0.39 is 29.7 Å². The zero-order valence-corrected chi connectivity index (χ0v) is 16.1. The van der Waals surface area contributed by atoms with E-state index in [2.05, 4.69) is 5.32 Å². The Kier molecular flexibility index (Phi) is 7.64. The van der Waals surface area contributed by atoms with Crippen LogP contribution in [0.25, 0.3) is 0 Å². The van der Waals surface area contributed by atoms with Crippen molar-refractivity contribution in [1.29, 1.82) is 0 Å². The molecule has 0 heterocycles. The van der Waals surface area contributed by atoms with Crippen LogP contribution in [0, 0.1) is 0 Å². The van der Waals surface area contributed by atoms with E-state index >= 15 is 0 Å². The van der Waals surface area contributed by atoms with Crippen LogP contribution in [-0.2, 0) is 33.3 Å². The Balaban J connectivity index is 1.75. The van der Waals surface area contributed by atoms with E-state index in [0.717, 1.165) is 23.4 Å². The van der Waals surface area contributed by atoms with Crippen LogP contribution in [0.2, 0.25) is 0 Å². The van der Waals surface area contributed by atoms with E-state index in [0.29, 0.717) is 18.5 Å².